The third-order valence-electron chi connectivity index (χ3n) is 3.68. The molecule has 0 fully saturated rings. The minimum absolute atomic E-state index is 0.0963. The van der Waals surface area contributed by atoms with Crippen molar-refractivity contribution in [1.29, 1.82) is 0 Å². The number of aromatic nitrogens is 2. The van der Waals surface area contributed by atoms with Crippen molar-refractivity contribution in [3.05, 3.63) is 69.0 Å². The van der Waals surface area contributed by atoms with Crippen LogP contribution in [0.3, 0.4) is 0 Å². The minimum Gasteiger partial charge on any atom is -0.330 e. The molecule has 4 rings (SSSR count). The molecule has 0 atom stereocenters. The summed E-state index contributed by atoms with van der Waals surface area (Å²) in [6.07, 6.45) is 0. The minimum atomic E-state index is -1.65. The molecule has 0 spiro atoms. The fraction of sp³-hybridized carbons (Fsp3) is 0. The van der Waals surface area contributed by atoms with E-state index < -0.39 is 28.7 Å². The number of benzene rings is 2. The van der Waals surface area contributed by atoms with E-state index in [4.69, 9.17) is 12.2 Å². The van der Waals surface area contributed by atoms with Crippen molar-refractivity contribution in [2.75, 3.05) is 0 Å². The number of rotatable bonds is 1. The van der Waals surface area contributed by atoms with Crippen molar-refractivity contribution in [2.45, 2.75) is 0 Å². The summed E-state index contributed by atoms with van der Waals surface area (Å²) < 4.78 is 42.7. The van der Waals surface area contributed by atoms with Gasteiger partial charge in [0.05, 0.1) is 11.2 Å². The van der Waals surface area contributed by atoms with Crippen LogP contribution in [0.2, 0.25) is 0 Å². The van der Waals surface area contributed by atoms with Crippen LogP contribution in [0.4, 0.5) is 13.2 Å². The number of hydrogen-bond acceptors (Lipinski definition) is 3. The Balaban J connectivity index is 2.15. The van der Waals surface area contributed by atoms with Crippen LogP contribution in [0.15, 0.2) is 41.2 Å². The van der Waals surface area contributed by atoms with Crippen molar-refractivity contribution in [2.24, 2.45) is 0 Å². The molecule has 2 heterocycles. The molecule has 2 aromatic carbocycles. The number of thiophene rings is 1. The summed E-state index contributed by atoms with van der Waals surface area (Å²) in [6.45, 7) is 0. The summed E-state index contributed by atoms with van der Waals surface area (Å²) in [6, 6.07) is 9.08. The zero-order chi connectivity index (χ0) is 17.0. The first kappa shape index (κ1) is 15.1. The Labute approximate surface area is 141 Å². The van der Waals surface area contributed by atoms with Crippen LogP contribution in [0.25, 0.3) is 26.0 Å². The van der Waals surface area contributed by atoms with Gasteiger partial charge < -0.3 is 4.98 Å². The number of nitrogens with one attached hydrogen (secondary N) is 1. The Kier molecular flexibility index (Phi) is 3.33. The van der Waals surface area contributed by atoms with Crippen molar-refractivity contribution < 1.29 is 13.2 Å². The summed E-state index contributed by atoms with van der Waals surface area (Å²) in [5.74, 6) is -4.44. The summed E-state index contributed by atoms with van der Waals surface area (Å²) in [4.78, 5) is 15.7. The van der Waals surface area contributed by atoms with Crippen molar-refractivity contribution in [1.82, 2.24) is 9.55 Å². The zero-order valence-corrected chi connectivity index (χ0v) is 13.4. The quantitative estimate of drug-likeness (QED) is 0.393. The van der Waals surface area contributed by atoms with Gasteiger partial charge in [-0.3, -0.25) is 4.79 Å². The SMILES string of the molecule is O=c1c2sc3ccccc3c2[nH]c(=S)n1-c1ccc(F)c(F)c1F. The van der Waals surface area contributed by atoms with Gasteiger partial charge in [-0.2, -0.15) is 0 Å². The van der Waals surface area contributed by atoms with Crippen LogP contribution in [0.1, 0.15) is 0 Å². The monoisotopic (exact) mass is 364 g/mol. The van der Waals surface area contributed by atoms with Crippen LogP contribution in [-0.2, 0) is 0 Å². The van der Waals surface area contributed by atoms with Gasteiger partial charge >= 0.3 is 0 Å². The molecule has 2 aromatic heterocycles. The number of hydrogen-bond donors (Lipinski definition) is 1. The molecular formula is C16H7F3N2OS2. The van der Waals surface area contributed by atoms with Gasteiger partial charge in [-0.25, -0.2) is 17.7 Å². The third-order valence-corrected chi connectivity index (χ3v) is 5.13. The van der Waals surface area contributed by atoms with Crippen LogP contribution >= 0.6 is 23.6 Å². The Bertz CT molecular complexity index is 1240. The highest BCUT2D eigenvalue weighted by molar-refractivity contribution is 7.71. The normalized spacial score (nSPS) is 11.5. The molecule has 0 saturated heterocycles. The van der Waals surface area contributed by atoms with Gasteiger partial charge in [0, 0.05) is 10.1 Å². The lowest BCUT2D eigenvalue weighted by Crippen LogP contribution is -2.21. The maximum atomic E-state index is 14.1. The number of nitrogens with zero attached hydrogens (tertiary/aromatic N) is 1. The smallest absolute Gasteiger partial charge is 0.276 e. The van der Waals surface area contributed by atoms with Crippen LogP contribution in [0, 0.1) is 22.2 Å². The van der Waals surface area contributed by atoms with Gasteiger partial charge in [0.15, 0.2) is 22.2 Å². The van der Waals surface area contributed by atoms with Crippen LogP contribution in [0.5, 0.6) is 0 Å². The molecule has 0 saturated carbocycles. The van der Waals surface area contributed by atoms with Gasteiger partial charge in [0.2, 0.25) is 0 Å². The third kappa shape index (κ3) is 2.03. The Hall–Kier alpha value is -2.45. The molecule has 3 nitrogen and oxygen atoms in total. The number of halogens is 3. The molecule has 0 unspecified atom stereocenters. The number of aromatic amines is 1. The highest BCUT2D eigenvalue weighted by Crippen LogP contribution is 2.30. The molecule has 24 heavy (non-hydrogen) atoms. The lowest BCUT2D eigenvalue weighted by Gasteiger charge is -2.08. The first-order valence-electron chi connectivity index (χ1n) is 6.79. The number of fused-ring (bicyclic) bond motifs is 3. The van der Waals surface area contributed by atoms with Crippen molar-refractivity contribution >= 4 is 43.9 Å². The first-order valence-corrected chi connectivity index (χ1v) is 8.02. The summed E-state index contributed by atoms with van der Waals surface area (Å²) in [5.41, 5.74) is -0.468. The zero-order valence-electron chi connectivity index (χ0n) is 11.8. The summed E-state index contributed by atoms with van der Waals surface area (Å²) >= 11 is 6.36. The Morgan fingerprint density at radius 1 is 1.04 bits per heavy atom. The second-order valence-electron chi connectivity index (χ2n) is 5.07. The van der Waals surface area contributed by atoms with E-state index >= 15 is 0 Å². The average molecular weight is 364 g/mol. The van der Waals surface area contributed by atoms with Gasteiger partial charge in [-0.1, -0.05) is 18.2 Å². The molecular weight excluding hydrogens is 357 g/mol. The molecule has 0 radical (unpaired) electrons. The van der Waals surface area contributed by atoms with Crippen LogP contribution < -0.4 is 5.56 Å². The van der Waals surface area contributed by atoms with E-state index in [2.05, 4.69) is 4.98 Å². The second-order valence-corrected chi connectivity index (χ2v) is 6.51. The lowest BCUT2D eigenvalue weighted by molar-refractivity contribution is 0.444. The molecule has 4 aromatic rings. The lowest BCUT2D eigenvalue weighted by atomic mass is 10.2. The van der Waals surface area contributed by atoms with Gasteiger partial charge in [0.1, 0.15) is 4.70 Å². The number of H-pyrrole nitrogens is 1. The van der Waals surface area contributed by atoms with E-state index in [9.17, 15) is 18.0 Å². The van der Waals surface area contributed by atoms with Gasteiger partial charge in [-0.05, 0) is 30.4 Å². The Morgan fingerprint density at radius 2 is 1.79 bits per heavy atom. The van der Waals surface area contributed by atoms with Crippen LogP contribution in [-0.4, -0.2) is 9.55 Å². The molecule has 1 N–H and O–H groups in total. The van der Waals surface area contributed by atoms with Gasteiger partial charge in [-0.15, -0.1) is 11.3 Å². The summed E-state index contributed by atoms with van der Waals surface area (Å²) in [7, 11) is 0. The Morgan fingerprint density at radius 3 is 2.58 bits per heavy atom. The molecule has 8 heteroatoms. The van der Waals surface area contributed by atoms with Crippen molar-refractivity contribution in [3.63, 3.8) is 0 Å². The fourth-order valence-electron chi connectivity index (χ4n) is 2.58. The van der Waals surface area contributed by atoms with Crippen molar-refractivity contribution in [3.8, 4) is 5.69 Å². The highest BCUT2D eigenvalue weighted by Gasteiger charge is 2.19. The van der Waals surface area contributed by atoms with E-state index in [1.165, 1.54) is 11.3 Å². The van der Waals surface area contributed by atoms with E-state index in [-0.39, 0.29) is 4.77 Å². The fourth-order valence-corrected chi connectivity index (χ4v) is 3.96. The maximum absolute atomic E-state index is 14.1. The molecule has 0 aliphatic rings. The van der Waals surface area contributed by atoms with E-state index in [1.54, 1.807) is 0 Å². The van der Waals surface area contributed by atoms with E-state index in [0.29, 0.717) is 10.2 Å². The topological polar surface area (TPSA) is 37.8 Å². The average Bonchev–Trinajstić information content (AvgIpc) is 2.94. The first-order chi connectivity index (χ1) is 11.5. The molecule has 0 aliphatic carbocycles. The predicted octanol–water partition coefficient (Wildman–Crippen LogP) is 4.68. The maximum Gasteiger partial charge on any atom is 0.276 e. The highest BCUT2D eigenvalue weighted by atomic mass is 32.1. The molecule has 0 amide bonds. The summed E-state index contributed by atoms with van der Waals surface area (Å²) in [5, 5.41) is 0.818. The second kappa shape index (κ2) is 5.29. The molecule has 0 aliphatic heterocycles. The van der Waals surface area contributed by atoms with Gasteiger partial charge in [0.25, 0.3) is 5.56 Å². The molecule has 0 bridgehead atoms. The largest absolute Gasteiger partial charge is 0.330 e. The molecule has 120 valence electrons. The standard InChI is InChI=1S/C16H7F3N2OS2/c17-8-5-6-9(12(19)11(8)18)21-15(22)14-13(20-16(21)23)7-3-1-2-4-10(7)24-14/h1-6H,(H,20,23). The van der Waals surface area contributed by atoms with E-state index in [0.717, 1.165) is 26.8 Å². The predicted molar refractivity (Wildman–Crippen MR) is 90.0 cm³/mol. The van der Waals surface area contributed by atoms with E-state index in [1.807, 2.05) is 24.3 Å².